The summed E-state index contributed by atoms with van der Waals surface area (Å²) in [6.07, 6.45) is 2.55. The third kappa shape index (κ3) is 5.47. The highest BCUT2D eigenvalue weighted by molar-refractivity contribution is 5.31. The number of hydrogen-bond donors (Lipinski definition) is 1. The van der Waals surface area contributed by atoms with Crippen molar-refractivity contribution in [3.63, 3.8) is 0 Å². The third-order valence-corrected chi connectivity index (χ3v) is 3.18. The maximum atomic E-state index is 14.1. The molecule has 0 saturated carbocycles. The van der Waals surface area contributed by atoms with Crippen molar-refractivity contribution in [1.29, 1.82) is 0 Å². The number of likely N-dealkylation sites (N-methyl/N-ethyl adjacent to an activating group) is 1. The maximum absolute atomic E-state index is 14.1. The highest BCUT2D eigenvalue weighted by Crippen LogP contribution is 2.21. The van der Waals surface area contributed by atoms with Crippen molar-refractivity contribution in [2.75, 3.05) is 26.9 Å². The van der Waals surface area contributed by atoms with E-state index in [0.717, 1.165) is 26.0 Å². The fourth-order valence-corrected chi connectivity index (χ4v) is 2.17. The number of rotatable bonds is 10. The highest BCUT2D eigenvalue weighted by atomic mass is 19.1. The van der Waals surface area contributed by atoms with Crippen molar-refractivity contribution in [3.05, 3.63) is 29.6 Å². The monoisotopic (exact) mass is 283 g/mol. The molecule has 0 aromatic heterocycles. The van der Waals surface area contributed by atoms with Gasteiger partial charge in [0.1, 0.15) is 0 Å². The van der Waals surface area contributed by atoms with Crippen LogP contribution in [0.5, 0.6) is 5.75 Å². The molecule has 0 radical (unpaired) electrons. The zero-order valence-corrected chi connectivity index (χ0v) is 12.7. The minimum Gasteiger partial charge on any atom is -0.494 e. The van der Waals surface area contributed by atoms with Gasteiger partial charge in [-0.1, -0.05) is 26.0 Å². The smallest absolute Gasteiger partial charge is 0.168 e. The van der Waals surface area contributed by atoms with Crippen molar-refractivity contribution in [3.8, 4) is 5.75 Å². The van der Waals surface area contributed by atoms with Crippen molar-refractivity contribution < 1.29 is 13.9 Å². The molecule has 0 aliphatic carbocycles. The zero-order chi connectivity index (χ0) is 14.8. The molecule has 3 nitrogen and oxygen atoms in total. The van der Waals surface area contributed by atoms with Gasteiger partial charge in [0.05, 0.1) is 7.11 Å². The minimum absolute atomic E-state index is 0.221. The summed E-state index contributed by atoms with van der Waals surface area (Å²) in [5, 5.41) is 3.39. The van der Waals surface area contributed by atoms with Crippen LogP contribution in [0, 0.1) is 5.82 Å². The van der Waals surface area contributed by atoms with Gasteiger partial charge in [0, 0.05) is 19.3 Å². The second kappa shape index (κ2) is 9.72. The molecule has 20 heavy (non-hydrogen) atoms. The lowest BCUT2D eigenvalue weighted by Crippen LogP contribution is -2.32. The molecular weight excluding hydrogens is 257 g/mol. The maximum Gasteiger partial charge on any atom is 0.168 e. The van der Waals surface area contributed by atoms with Crippen LogP contribution in [0.3, 0.4) is 0 Å². The molecule has 0 saturated heterocycles. The topological polar surface area (TPSA) is 30.5 Å². The number of benzene rings is 1. The summed E-state index contributed by atoms with van der Waals surface area (Å²) in [6, 6.07) is 5.51. The van der Waals surface area contributed by atoms with E-state index in [9.17, 15) is 4.39 Å². The first-order valence-electron chi connectivity index (χ1n) is 7.35. The Morgan fingerprint density at radius 3 is 2.70 bits per heavy atom. The fourth-order valence-electron chi connectivity index (χ4n) is 2.17. The molecule has 0 fully saturated rings. The van der Waals surface area contributed by atoms with E-state index < -0.39 is 0 Å². The van der Waals surface area contributed by atoms with Crippen LogP contribution in [0.25, 0.3) is 0 Å². The van der Waals surface area contributed by atoms with Gasteiger partial charge in [-0.15, -0.1) is 0 Å². The first kappa shape index (κ1) is 16.9. The van der Waals surface area contributed by atoms with Crippen LogP contribution in [0.2, 0.25) is 0 Å². The zero-order valence-electron chi connectivity index (χ0n) is 12.7. The molecule has 1 rings (SSSR count). The van der Waals surface area contributed by atoms with Gasteiger partial charge in [-0.25, -0.2) is 4.39 Å². The Morgan fingerprint density at radius 2 is 2.05 bits per heavy atom. The van der Waals surface area contributed by atoms with Crippen molar-refractivity contribution >= 4 is 0 Å². The summed E-state index contributed by atoms with van der Waals surface area (Å²) in [5.41, 5.74) is 0.686. The van der Waals surface area contributed by atoms with E-state index in [2.05, 4.69) is 19.2 Å². The molecule has 0 amide bonds. The number of methoxy groups -OCH3 is 1. The lowest BCUT2D eigenvalue weighted by Gasteiger charge is -2.19. The van der Waals surface area contributed by atoms with E-state index >= 15 is 0 Å². The predicted molar refractivity (Wildman–Crippen MR) is 79.8 cm³/mol. The van der Waals surface area contributed by atoms with Crippen LogP contribution in [0.4, 0.5) is 4.39 Å². The van der Waals surface area contributed by atoms with Gasteiger partial charge < -0.3 is 14.8 Å². The van der Waals surface area contributed by atoms with Crippen LogP contribution in [-0.4, -0.2) is 32.9 Å². The van der Waals surface area contributed by atoms with Crippen LogP contribution in [-0.2, 0) is 11.2 Å². The fraction of sp³-hybridized carbons (Fsp3) is 0.625. The Hall–Kier alpha value is -1.13. The molecule has 0 spiro atoms. The molecule has 4 heteroatoms. The quantitative estimate of drug-likeness (QED) is 0.669. The molecule has 0 heterocycles. The van der Waals surface area contributed by atoms with Crippen molar-refractivity contribution in [2.24, 2.45) is 0 Å². The molecule has 1 aromatic rings. The first-order valence-corrected chi connectivity index (χ1v) is 7.35. The van der Waals surface area contributed by atoms with Gasteiger partial charge >= 0.3 is 0 Å². The van der Waals surface area contributed by atoms with E-state index in [-0.39, 0.29) is 11.9 Å². The lowest BCUT2D eigenvalue weighted by molar-refractivity contribution is 0.124. The Kier molecular flexibility index (Phi) is 8.23. The van der Waals surface area contributed by atoms with Gasteiger partial charge in [-0.05, 0) is 37.4 Å². The summed E-state index contributed by atoms with van der Waals surface area (Å²) < 4.78 is 24.7. The van der Waals surface area contributed by atoms with Crippen molar-refractivity contribution in [2.45, 2.75) is 39.2 Å². The highest BCUT2D eigenvalue weighted by Gasteiger charge is 2.14. The Labute approximate surface area is 121 Å². The van der Waals surface area contributed by atoms with Gasteiger partial charge in [-0.3, -0.25) is 0 Å². The van der Waals surface area contributed by atoms with Gasteiger partial charge in [0.25, 0.3) is 0 Å². The standard InChI is InChI=1S/C16H26FNO2/c1-4-10-20-11-9-14(18-5-2)12-13-7-6-8-15(19-3)16(13)17/h6-8,14,18H,4-5,9-12H2,1-3H3. The molecular formula is C16H26FNO2. The molecule has 1 N–H and O–H groups in total. The largest absolute Gasteiger partial charge is 0.494 e. The van der Waals surface area contributed by atoms with E-state index in [1.165, 1.54) is 7.11 Å². The number of ether oxygens (including phenoxy) is 2. The normalized spacial score (nSPS) is 12.4. The van der Waals surface area contributed by atoms with E-state index in [4.69, 9.17) is 9.47 Å². The minimum atomic E-state index is -0.257. The average Bonchev–Trinajstić information content (AvgIpc) is 2.46. The van der Waals surface area contributed by atoms with Crippen LogP contribution in [0.15, 0.2) is 18.2 Å². The Balaban J connectivity index is 2.60. The molecule has 0 bridgehead atoms. The summed E-state index contributed by atoms with van der Waals surface area (Å²) >= 11 is 0. The number of hydrogen-bond acceptors (Lipinski definition) is 3. The molecule has 0 aliphatic heterocycles. The molecule has 114 valence electrons. The van der Waals surface area contributed by atoms with Gasteiger partial charge in [0.15, 0.2) is 11.6 Å². The molecule has 0 aliphatic rings. The second-order valence-corrected chi connectivity index (χ2v) is 4.79. The molecule has 1 aromatic carbocycles. The molecule has 1 atom stereocenters. The summed E-state index contributed by atoms with van der Waals surface area (Å²) in [5.74, 6) is 0.0485. The first-order chi connectivity index (χ1) is 9.72. The number of halogens is 1. The van der Waals surface area contributed by atoms with E-state index in [1.54, 1.807) is 6.07 Å². The Bertz CT molecular complexity index is 385. The third-order valence-electron chi connectivity index (χ3n) is 3.18. The predicted octanol–water partition coefficient (Wildman–Crippen LogP) is 3.17. The second-order valence-electron chi connectivity index (χ2n) is 4.79. The summed E-state index contributed by atoms with van der Waals surface area (Å²) in [4.78, 5) is 0. The van der Waals surface area contributed by atoms with Gasteiger partial charge in [0.2, 0.25) is 0 Å². The summed E-state index contributed by atoms with van der Waals surface area (Å²) in [7, 11) is 1.49. The van der Waals surface area contributed by atoms with Crippen LogP contribution in [0.1, 0.15) is 32.3 Å². The van der Waals surface area contributed by atoms with Crippen molar-refractivity contribution in [1.82, 2.24) is 5.32 Å². The van der Waals surface area contributed by atoms with Crippen LogP contribution < -0.4 is 10.1 Å². The summed E-state index contributed by atoms with van der Waals surface area (Å²) in [6.45, 7) is 6.50. The van der Waals surface area contributed by atoms with Gasteiger partial charge in [-0.2, -0.15) is 0 Å². The molecule has 1 unspecified atom stereocenters. The Morgan fingerprint density at radius 1 is 1.25 bits per heavy atom. The number of nitrogens with one attached hydrogen (secondary N) is 1. The SMILES string of the molecule is CCCOCCC(Cc1cccc(OC)c1F)NCC. The lowest BCUT2D eigenvalue weighted by atomic mass is 10.0. The van der Waals surface area contributed by atoms with E-state index in [0.29, 0.717) is 24.3 Å². The average molecular weight is 283 g/mol. The van der Waals surface area contributed by atoms with E-state index in [1.807, 2.05) is 12.1 Å². The van der Waals surface area contributed by atoms with Crippen LogP contribution >= 0.6 is 0 Å².